The lowest BCUT2D eigenvalue weighted by atomic mass is 10.1. The van der Waals surface area contributed by atoms with Crippen molar-refractivity contribution in [3.05, 3.63) is 59.0 Å². The highest BCUT2D eigenvalue weighted by Crippen LogP contribution is 2.31. The number of amides is 2. The Balaban J connectivity index is 1.81. The topological polar surface area (TPSA) is 89.4 Å². The van der Waals surface area contributed by atoms with E-state index in [2.05, 4.69) is 31.3 Å². The van der Waals surface area contributed by atoms with Crippen molar-refractivity contribution in [2.24, 2.45) is 0 Å². The molecule has 3 heterocycles. The van der Waals surface area contributed by atoms with Crippen LogP contribution < -0.4 is 10.1 Å². The van der Waals surface area contributed by atoms with E-state index in [4.69, 9.17) is 4.74 Å². The van der Waals surface area contributed by atoms with Crippen LogP contribution in [0.25, 0.3) is 16.9 Å². The quantitative estimate of drug-likeness (QED) is 0.651. The summed E-state index contributed by atoms with van der Waals surface area (Å²) in [4.78, 5) is 30.3. The van der Waals surface area contributed by atoms with Gasteiger partial charge < -0.3 is 15.0 Å². The summed E-state index contributed by atoms with van der Waals surface area (Å²) in [6, 6.07) is 11.0. The van der Waals surface area contributed by atoms with Crippen molar-refractivity contribution in [3.63, 3.8) is 0 Å². The number of carbonyl (C=O) groups is 2. The van der Waals surface area contributed by atoms with Gasteiger partial charge in [0, 0.05) is 29.3 Å². The molecule has 0 bridgehead atoms. The van der Waals surface area contributed by atoms with E-state index in [1.165, 1.54) is 4.90 Å². The number of hydrogen-bond acceptors (Lipinski definition) is 5. The Hall–Kier alpha value is -3.20. The second-order valence-electron chi connectivity index (χ2n) is 6.49. The first-order valence-corrected chi connectivity index (χ1v) is 9.76. The number of nitrogens with one attached hydrogen (secondary N) is 1. The number of hydrogen-bond donors (Lipinski definition) is 1. The molecule has 3 aromatic rings. The van der Waals surface area contributed by atoms with Crippen LogP contribution in [-0.2, 0) is 4.79 Å². The SMILES string of the molecule is COc1cc(Br)cc(-c2cc(C(=O)N3CCNC(=O)C3)nn2-c2cccnc2)c1. The standard InChI is InChI=1S/C20H18BrN5O3/c1-29-16-8-13(7-14(21)9-16)18-10-17(20(28)25-6-5-23-19(27)12-25)24-26(18)15-3-2-4-22-11-15/h2-4,7-11H,5-6,12H2,1H3,(H,23,27). The largest absolute Gasteiger partial charge is 0.497 e. The monoisotopic (exact) mass is 455 g/mol. The highest BCUT2D eigenvalue weighted by Gasteiger charge is 2.26. The number of rotatable bonds is 4. The van der Waals surface area contributed by atoms with Gasteiger partial charge in [-0.25, -0.2) is 4.68 Å². The smallest absolute Gasteiger partial charge is 0.274 e. The molecule has 9 heteroatoms. The Morgan fingerprint density at radius 3 is 2.86 bits per heavy atom. The van der Waals surface area contributed by atoms with Gasteiger partial charge in [0.25, 0.3) is 5.91 Å². The highest BCUT2D eigenvalue weighted by atomic mass is 79.9. The molecule has 0 unspecified atom stereocenters. The number of piperazine rings is 1. The minimum atomic E-state index is -0.286. The number of nitrogens with zero attached hydrogens (tertiary/aromatic N) is 4. The second kappa shape index (κ2) is 8.04. The molecule has 1 N–H and O–H groups in total. The van der Waals surface area contributed by atoms with Crippen molar-refractivity contribution in [2.75, 3.05) is 26.7 Å². The Labute approximate surface area is 175 Å². The summed E-state index contributed by atoms with van der Waals surface area (Å²) in [5.74, 6) is 0.216. The first-order valence-electron chi connectivity index (χ1n) is 8.96. The van der Waals surface area contributed by atoms with Crippen LogP contribution in [0.2, 0.25) is 0 Å². The van der Waals surface area contributed by atoms with Crippen molar-refractivity contribution >= 4 is 27.7 Å². The molecule has 2 amide bonds. The molecular weight excluding hydrogens is 438 g/mol. The summed E-state index contributed by atoms with van der Waals surface area (Å²) in [6.07, 6.45) is 3.35. The number of methoxy groups -OCH3 is 1. The van der Waals surface area contributed by atoms with Gasteiger partial charge in [0.05, 0.1) is 31.2 Å². The zero-order valence-corrected chi connectivity index (χ0v) is 17.2. The summed E-state index contributed by atoms with van der Waals surface area (Å²) in [5, 5.41) is 7.26. The van der Waals surface area contributed by atoms with Crippen molar-refractivity contribution < 1.29 is 14.3 Å². The predicted octanol–water partition coefficient (Wildman–Crippen LogP) is 2.28. The summed E-state index contributed by atoms with van der Waals surface area (Å²) < 4.78 is 7.88. The Kier molecular flexibility index (Phi) is 5.30. The second-order valence-corrected chi connectivity index (χ2v) is 7.41. The Morgan fingerprint density at radius 1 is 1.28 bits per heavy atom. The van der Waals surface area contributed by atoms with Crippen LogP contribution >= 0.6 is 15.9 Å². The van der Waals surface area contributed by atoms with E-state index >= 15 is 0 Å². The molecular formula is C20H18BrN5O3. The van der Waals surface area contributed by atoms with E-state index in [9.17, 15) is 9.59 Å². The van der Waals surface area contributed by atoms with E-state index in [1.807, 2.05) is 24.3 Å². The molecule has 4 rings (SSSR count). The van der Waals surface area contributed by atoms with Crippen LogP contribution in [-0.4, -0.2) is 58.2 Å². The van der Waals surface area contributed by atoms with Crippen LogP contribution in [0.3, 0.4) is 0 Å². The zero-order chi connectivity index (χ0) is 20.4. The van der Waals surface area contributed by atoms with Gasteiger partial charge >= 0.3 is 0 Å². The van der Waals surface area contributed by atoms with Crippen LogP contribution in [0.1, 0.15) is 10.5 Å². The van der Waals surface area contributed by atoms with Gasteiger partial charge in [-0.15, -0.1) is 0 Å². The van der Waals surface area contributed by atoms with Gasteiger partial charge in [-0.2, -0.15) is 5.10 Å². The predicted molar refractivity (Wildman–Crippen MR) is 110 cm³/mol. The summed E-state index contributed by atoms with van der Waals surface area (Å²) in [6.45, 7) is 0.909. The molecule has 0 spiro atoms. The van der Waals surface area contributed by atoms with Crippen molar-refractivity contribution in [1.82, 2.24) is 25.0 Å². The number of pyridine rings is 1. The number of ether oxygens (including phenoxy) is 1. The fourth-order valence-electron chi connectivity index (χ4n) is 3.17. The third-order valence-electron chi connectivity index (χ3n) is 4.55. The molecule has 2 aromatic heterocycles. The molecule has 8 nitrogen and oxygen atoms in total. The van der Waals surface area contributed by atoms with Gasteiger partial charge in [-0.3, -0.25) is 14.6 Å². The van der Waals surface area contributed by atoms with Crippen molar-refractivity contribution in [2.45, 2.75) is 0 Å². The minimum absolute atomic E-state index is 0.0264. The van der Waals surface area contributed by atoms with Crippen molar-refractivity contribution in [1.29, 1.82) is 0 Å². The average molecular weight is 456 g/mol. The summed E-state index contributed by atoms with van der Waals surface area (Å²) in [5.41, 5.74) is 2.51. The van der Waals surface area contributed by atoms with Crippen LogP contribution in [0, 0.1) is 0 Å². The molecule has 29 heavy (non-hydrogen) atoms. The third-order valence-corrected chi connectivity index (χ3v) is 5.01. The Morgan fingerprint density at radius 2 is 2.14 bits per heavy atom. The molecule has 1 aliphatic heterocycles. The fourth-order valence-corrected chi connectivity index (χ4v) is 3.64. The fraction of sp³-hybridized carbons (Fsp3) is 0.200. The molecule has 1 saturated heterocycles. The van der Waals surface area contributed by atoms with Gasteiger partial charge in [-0.05, 0) is 36.4 Å². The maximum Gasteiger partial charge on any atom is 0.274 e. The first kappa shape index (κ1) is 19.1. The number of carbonyl (C=O) groups excluding carboxylic acids is 2. The van der Waals surface area contributed by atoms with Crippen molar-refractivity contribution in [3.8, 4) is 22.7 Å². The van der Waals surface area contributed by atoms with Crippen LogP contribution in [0.4, 0.5) is 0 Å². The lowest BCUT2D eigenvalue weighted by Gasteiger charge is -2.25. The van der Waals surface area contributed by atoms with E-state index in [0.717, 1.165) is 15.7 Å². The van der Waals surface area contributed by atoms with Crippen LogP contribution in [0.15, 0.2) is 53.3 Å². The molecule has 0 aliphatic carbocycles. The molecule has 148 valence electrons. The lowest BCUT2D eigenvalue weighted by molar-refractivity contribution is -0.123. The van der Waals surface area contributed by atoms with Gasteiger partial charge in [0.15, 0.2) is 5.69 Å². The zero-order valence-electron chi connectivity index (χ0n) is 15.6. The summed E-state index contributed by atoms with van der Waals surface area (Å²) in [7, 11) is 1.60. The molecule has 0 radical (unpaired) electrons. The average Bonchev–Trinajstić information content (AvgIpc) is 3.19. The number of aromatic nitrogens is 3. The maximum absolute atomic E-state index is 13.0. The first-order chi connectivity index (χ1) is 14.0. The third kappa shape index (κ3) is 4.00. The molecule has 1 aromatic carbocycles. The molecule has 1 aliphatic rings. The van der Waals surface area contributed by atoms with Gasteiger partial charge in [0.2, 0.25) is 5.91 Å². The molecule has 1 fully saturated rings. The lowest BCUT2D eigenvalue weighted by Crippen LogP contribution is -2.50. The van der Waals surface area contributed by atoms with E-state index in [0.29, 0.717) is 24.5 Å². The molecule has 0 saturated carbocycles. The summed E-state index contributed by atoms with van der Waals surface area (Å²) >= 11 is 3.50. The van der Waals surface area contributed by atoms with E-state index in [-0.39, 0.29) is 24.1 Å². The maximum atomic E-state index is 13.0. The number of halogens is 1. The van der Waals surface area contributed by atoms with Gasteiger partial charge in [0.1, 0.15) is 5.75 Å². The van der Waals surface area contributed by atoms with Crippen LogP contribution in [0.5, 0.6) is 5.75 Å². The van der Waals surface area contributed by atoms with Gasteiger partial charge in [-0.1, -0.05) is 15.9 Å². The highest BCUT2D eigenvalue weighted by molar-refractivity contribution is 9.10. The van der Waals surface area contributed by atoms with E-state index < -0.39 is 0 Å². The minimum Gasteiger partial charge on any atom is -0.497 e. The molecule has 0 atom stereocenters. The Bertz CT molecular complexity index is 1070. The van der Waals surface area contributed by atoms with E-state index in [1.54, 1.807) is 36.3 Å². The normalized spacial score (nSPS) is 13.9. The number of benzene rings is 1.